The van der Waals surface area contributed by atoms with E-state index in [-0.39, 0.29) is 0 Å². The molecule has 0 aromatic heterocycles. The first kappa shape index (κ1) is 10.7. The topological polar surface area (TPSA) is 26.0 Å². The fourth-order valence-corrected chi connectivity index (χ4v) is 2.82. The molecule has 0 saturated heterocycles. The molecule has 0 heterocycles. The third-order valence-corrected chi connectivity index (χ3v) is 3.73. The van der Waals surface area contributed by atoms with Crippen molar-refractivity contribution < 1.29 is 0 Å². The van der Waals surface area contributed by atoms with Gasteiger partial charge in [-0.25, -0.2) is 0 Å². The summed E-state index contributed by atoms with van der Waals surface area (Å²) in [4.78, 5) is 0. The van der Waals surface area contributed by atoms with Crippen LogP contribution in [0.2, 0.25) is 0 Å². The lowest BCUT2D eigenvalue weighted by Crippen LogP contribution is -2.21. The van der Waals surface area contributed by atoms with Gasteiger partial charge in [0.05, 0.1) is 0 Å². The Labute approximate surface area is 92.7 Å². The van der Waals surface area contributed by atoms with Gasteiger partial charge in [-0.1, -0.05) is 30.7 Å². The van der Waals surface area contributed by atoms with Gasteiger partial charge in [0.25, 0.3) is 0 Å². The molecule has 2 unspecified atom stereocenters. The van der Waals surface area contributed by atoms with Gasteiger partial charge in [-0.2, -0.15) is 0 Å². The highest BCUT2D eigenvalue weighted by atomic mass is 14.5. The second kappa shape index (κ2) is 4.36. The fourth-order valence-electron chi connectivity index (χ4n) is 2.82. The van der Waals surface area contributed by atoms with Gasteiger partial charge in [-0.05, 0) is 55.7 Å². The third kappa shape index (κ3) is 2.07. The zero-order valence-electron chi connectivity index (χ0n) is 9.79. The number of hydrogen-bond donors (Lipinski definition) is 1. The summed E-state index contributed by atoms with van der Waals surface area (Å²) in [5.74, 6) is 1.49. The summed E-state index contributed by atoms with van der Waals surface area (Å²) in [7, 11) is 0. The van der Waals surface area contributed by atoms with Crippen molar-refractivity contribution in [3.05, 3.63) is 34.9 Å². The predicted molar refractivity (Wildman–Crippen MR) is 65.1 cm³/mol. The first-order valence-corrected chi connectivity index (χ1v) is 6.02. The molecule has 15 heavy (non-hydrogen) atoms. The second-order valence-corrected chi connectivity index (χ2v) is 4.90. The van der Waals surface area contributed by atoms with Crippen LogP contribution < -0.4 is 5.73 Å². The van der Waals surface area contributed by atoms with E-state index in [0.29, 0.717) is 5.92 Å². The summed E-state index contributed by atoms with van der Waals surface area (Å²) in [6.07, 6.45) is 3.71. The van der Waals surface area contributed by atoms with Crippen molar-refractivity contribution in [1.29, 1.82) is 0 Å². The minimum absolute atomic E-state index is 0.694. The Morgan fingerprint density at radius 1 is 1.40 bits per heavy atom. The second-order valence-electron chi connectivity index (χ2n) is 4.90. The summed E-state index contributed by atoms with van der Waals surface area (Å²) in [5.41, 5.74) is 10.2. The first-order chi connectivity index (χ1) is 7.22. The van der Waals surface area contributed by atoms with Gasteiger partial charge in [-0.15, -0.1) is 0 Å². The van der Waals surface area contributed by atoms with E-state index in [1.54, 1.807) is 11.1 Å². The fraction of sp³-hybridized carbons (Fsp3) is 0.571. The highest BCUT2D eigenvalue weighted by Gasteiger charge is 2.25. The Morgan fingerprint density at radius 2 is 2.20 bits per heavy atom. The van der Waals surface area contributed by atoms with Crippen molar-refractivity contribution in [2.45, 2.75) is 39.0 Å². The van der Waals surface area contributed by atoms with Crippen molar-refractivity contribution in [3.8, 4) is 0 Å². The average Bonchev–Trinajstić information content (AvgIpc) is 2.22. The van der Waals surface area contributed by atoms with E-state index in [0.717, 1.165) is 18.9 Å². The monoisotopic (exact) mass is 203 g/mol. The van der Waals surface area contributed by atoms with Gasteiger partial charge in [0.15, 0.2) is 0 Å². The average molecular weight is 203 g/mol. The maximum atomic E-state index is 5.71. The van der Waals surface area contributed by atoms with Crippen LogP contribution in [0.1, 0.15) is 42.4 Å². The van der Waals surface area contributed by atoms with Crippen LogP contribution in [0.15, 0.2) is 18.2 Å². The van der Waals surface area contributed by atoms with E-state index in [1.165, 1.54) is 18.4 Å². The van der Waals surface area contributed by atoms with Crippen molar-refractivity contribution in [2.75, 3.05) is 6.54 Å². The number of rotatable bonds is 2. The zero-order valence-corrected chi connectivity index (χ0v) is 9.79. The number of hydrogen-bond acceptors (Lipinski definition) is 1. The number of fused-ring (bicyclic) bond motifs is 1. The Morgan fingerprint density at radius 3 is 2.93 bits per heavy atom. The summed E-state index contributed by atoms with van der Waals surface area (Å²) in [5, 5.41) is 0. The lowest BCUT2D eigenvalue weighted by Gasteiger charge is -2.31. The molecule has 0 bridgehead atoms. The van der Waals surface area contributed by atoms with E-state index in [9.17, 15) is 0 Å². The molecule has 0 spiro atoms. The molecule has 2 rings (SSSR count). The Balaban J connectivity index is 2.34. The van der Waals surface area contributed by atoms with Gasteiger partial charge in [0, 0.05) is 0 Å². The molecule has 82 valence electrons. The van der Waals surface area contributed by atoms with Crippen molar-refractivity contribution in [1.82, 2.24) is 0 Å². The van der Waals surface area contributed by atoms with Crippen LogP contribution in [0.5, 0.6) is 0 Å². The van der Waals surface area contributed by atoms with Gasteiger partial charge < -0.3 is 5.73 Å². The molecule has 1 aromatic rings. The van der Waals surface area contributed by atoms with Gasteiger partial charge in [-0.3, -0.25) is 0 Å². The van der Waals surface area contributed by atoms with E-state index < -0.39 is 0 Å². The lowest BCUT2D eigenvalue weighted by atomic mass is 9.74. The SMILES string of the molecule is Cc1ccc2c(c1)CCC(C)C2CCN. The molecule has 1 heteroatoms. The van der Waals surface area contributed by atoms with E-state index >= 15 is 0 Å². The molecule has 1 nitrogen and oxygen atoms in total. The van der Waals surface area contributed by atoms with Gasteiger partial charge >= 0.3 is 0 Å². The summed E-state index contributed by atoms with van der Waals surface area (Å²) in [6, 6.07) is 6.91. The molecule has 0 amide bonds. The molecular formula is C14H21N. The Kier molecular flexibility index (Phi) is 3.11. The summed E-state index contributed by atoms with van der Waals surface area (Å²) >= 11 is 0. The maximum Gasteiger partial charge on any atom is -0.00713 e. The highest BCUT2D eigenvalue weighted by Crippen LogP contribution is 2.38. The van der Waals surface area contributed by atoms with Gasteiger partial charge in [0.1, 0.15) is 0 Å². The predicted octanol–water partition coefficient (Wildman–Crippen LogP) is 3.01. The minimum Gasteiger partial charge on any atom is -0.330 e. The molecular weight excluding hydrogens is 182 g/mol. The van der Waals surface area contributed by atoms with Crippen LogP contribution in [0, 0.1) is 12.8 Å². The molecule has 1 aromatic carbocycles. The molecule has 0 aliphatic heterocycles. The third-order valence-electron chi connectivity index (χ3n) is 3.73. The van der Waals surface area contributed by atoms with Crippen LogP contribution in [0.25, 0.3) is 0 Å². The molecule has 0 saturated carbocycles. The van der Waals surface area contributed by atoms with Crippen molar-refractivity contribution in [2.24, 2.45) is 11.7 Å². The quantitative estimate of drug-likeness (QED) is 0.785. The normalized spacial score (nSPS) is 25.0. The van der Waals surface area contributed by atoms with E-state index in [1.807, 2.05) is 0 Å². The van der Waals surface area contributed by atoms with E-state index in [2.05, 4.69) is 32.0 Å². The van der Waals surface area contributed by atoms with Crippen LogP contribution in [-0.2, 0) is 6.42 Å². The van der Waals surface area contributed by atoms with E-state index in [4.69, 9.17) is 5.73 Å². The summed E-state index contributed by atoms with van der Waals surface area (Å²) in [6.45, 7) is 5.35. The van der Waals surface area contributed by atoms with Crippen molar-refractivity contribution >= 4 is 0 Å². The molecule has 0 radical (unpaired) electrons. The van der Waals surface area contributed by atoms with Crippen molar-refractivity contribution in [3.63, 3.8) is 0 Å². The van der Waals surface area contributed by atoms with Crippen LogP contribution in [-0.4, -0.2) is 6.54 Å². The van der Waals surface area contributed by atoms with Gasteiger partial charge in [0.2, 0.25) is 0 Å². The molecule has 1 aliphatic carbocycles. The lowest BCUT2D eigenvalue weighted by molar-refractivity contribution is 0.387. The number of nitrogens with two attached hydrogens (primary N) is 1. The number of aryl methyl sites for hydroxylation is 2. The number of benzene rings is 1. The first-order valence-electron chi connectivity index (χ1n) is 6.02. The largest absolute Gasteiger partial charge is 0.330 e. The Bertz CT molecular complexity index is 343. The molecule has 2 N–H and O–H groups in total. The minimum atomic E-state index is 0.694. The summed E-state index contributed by atoms with van der Waals surface area (Å²) < 4.78 is 0. The van der Waals surface area contributed by atoms with Crippen LogP contribution in [0.4, 0.5) is 0 Å². The Hall–Kier alpha value is -0.820. The van der Waals surface area contributed by atoms with Crippen LogP contribution >= 0.6 is 0 Å². The smallest absolute Gasteiger partial charge is 0.00713 e. The molecule has 1 aliphatic rings. The molecule has 0 fully saturated rings. The standard InChI is InChI=1S/C14H21N/c1-10-3-6-14-12(9-10)5-4-11(2)13(14)7-8-15/h3,6,9,11,13H,4-5,7-8,15H2,1-2H3. The highest BCUT2D eigenvalue weighted by molar-refractivity contribution is 5.36. The zero-order chi connectivity index (χ0) is 10.8. The van der Waals surface area contributed by atoms with Crippen LogP contribution in [0.3, 0.4) is 0 Å². The maximum absolute atomic E-state index is 5.71. The molecule has 2 atom stereocenters.